The van der Waals surface area contributed by atoms with E-state index in [0.717, 1.165) is 34.1 Å². The first-order valence-corrected chi connectivity index (χ1v) is 7.69. The van der Waals surface area contributed by atoms with Gasteiger partial charge >= 0.3 is 0 Å². The molecule has 1 aromatic heterocycles. The third kappa shape index (κ3) is 2.85. The van der Waals surface area contributed by atoms with Gasteiger partial charge in [-0.15, -0.1) is 0 Å². The van der Waals surface area contributed by atoms with Crippen LogP contribution in [0.15, 0.2) is 4.47 Å². The minimum absolute atomic E-state index is 0.541. The fourth-order valence-electron chi connectivity index (χ4n) is 2.76. The first-order chi connectivity index (χ1) is 8.65. The second kappa shape index (κ2) is 6.00. The molecule has 1 aromatic rings. The predicted octanol–water partition coefficient (Wildman–Crippen LogP) is 4.14. The number of nitrogens with zero attached hydrogens (tertiary/aromatic N) is 2. The van der Waals surface area contributed by atoms with Gasteiger partial charge in [-0.25, -0.2) is 9.97 Å². The van der Waals surface area contributed by atoms with Crippen molar-refractivity contribution in [2.24, 2.45) is 5.92 Å². The van der Waals surface area contributed by atoms with E-state index in [-0.39, 0.29) is 0 Å². The summed E-state index contributed by atoms with van der Waals surface area (Å²) in [4.78, 5) is 9.45. The van der Waals surface area contributed by atoms with E-state index < -0.39 is 0 Å². The molecule has 0 amide bonds. The Morgan fingerprint density at radius 2 is 2.11 bits per heavy atom. The maximum atomic E-state index is 4.76. The van der Waals surface area contributed by atoms with Crippen molar-refractivity contribution in [3.8, 4) is 0 Å². The Labute approximate surface area is 118 Å². The van der Waals surface area contributed by atoms with E-state index in [1.165, 1.54) is 25.7 Å². The molecule has 1 aliphatic carbocycles. The molecule has 2 atom stereocenters. The lowest BCUT2D eigenvalue weighted by Crippen LogP contribution is -2.16. The summed E-state index contributed by atoms with van der Waals surface area (Å²) < 4.78 is 1.01. The van der Waals surface area contributed by atoms with E-state index in [1.54, 1.807) is 0 Å². The van der Waals surface area contributed by atoms with Gasteiger partial charge in [-0.1, -0.05) is 26.7 Å². The van der Waals surface area contributed by atoms with E-state index >= 15 is 0 Å². The van der Waals surface area contributed by atoms with Crippen molar-refractivity contribution in [1.82, 2.24) is 9.97 Å². The van der Waals surface area contributed by atoms with Crippen LogP contribution in [0.1, 0.15) is 57.0 Å². The second-order valence-corrected chi connectivity index (χ2v) is 6.06. The highest BCUT2D eigenvalue weighted by molar-refractivity contribution is 9.10. The number of nitrogens with one attached hydrogen (secondary N) is 1. The average Bonchev–Trinajstić information content (AvgIpc) is 2.39. The molecule has 4 heteroatoms. The Balaban J connectivity index is 2.32. The highest BCUT2D eigenvalue weighted by atomic mass is 79.9. The van der Waals surface area contributed by atoms with Crippen molar-refractivity contribution in [3.05, 3.63) is 16.0 Å². The van der Waals surface area contributed by atoms with Crippen LogP contribution in [0.2, 0.25) is 0 Å². The van der Waals surface area contributed by atoms with Crippen molar-refractivity contribution < 1.29 is 0 Å². The van der Waals surface area contributed by atoms with Crippen molar-refractivity contribution in [3.63, 3.8) is 0 Å². The summed E-state index contributed by atoms with van der Waals surface area (Å²) in [5.41, 5.74) is 1.11. The molecule has 1 N–H and O–H groups in total. The topological polar surface area (TPSA) is 37.8 Å². The van der Waals surface area contributed by atoms with Gasteiger partial charge in [0.15, 0.2) is 0 Å². The van der Waals surface area contributed by atoms with Crippen LogP contribution < -0.4 is 5.32 Å². The molecule has 0 bridgehead atoms. The summed E-state index contributed by atoms with van der Waals surface area (Å²) in [5, 5.41) is 3.16. The molecule has 1 aliphatic rings. The predicted molar refractivity (Wildman–Crippen MR) is 79.0 cm³/mol. The fourth-order valence-corrected chi connectivity index (χ4v) is 3.42. The molecule has 0 saturated heterocycles. The van der Waals surface area contributed by atoms with Gasteiger partial charge in [-0.2, -0.15) is 0 Å². The summed E-state index contributed by atoms with van der Waals surface area (Å²) in [6, 6.07) is 0. The number of aryl methyl sites for hydroxylation is 1. The summed E-state index contributed by atoms with van der Waals surface area (Å²) in [6.07, 6.45) is 6.06. The van der Waals surface area contributed by atoms with Crippen LogP contribution in [0, 0.1) is 5.92 Å². The van der Waals surface area contributed by atoms with Gasteiger partial charge in [0, 0.05) is 13.0 Å². The summed E-state index contributed by atoms with van der Waals surface area (Å²) in [5.74, 6) is 3.30. The van der Waals surface area contributed by atoms with Crippen molar-refractivity contribution in [2.75, 3.05) is 12.4 Å². The zero-order valence-corrected chi connectivity index (χ0v) is 13.0. The number of hydrogen-bond acceptors (Lipinski definition) is 3. The minimum Gasteiger partial charge on any atom is -0.372 e. The minimum atomic E-state index is 0.541. The van der Waals surface area contributed by atoms with E-state index in [4.69, 9.17) is 4.98 Å². The van der Waals surface area contributed by atoms with E-state index in [0.29, 0.717) is 5.92 Å². The monoisotopic (exact) mass is 311 g/mol. The Bertz CT molecular complexity index is 394. The summed E-state index contributed by atoms with van der Waals surface area (Å²) in [7, 11) is 1.92. The quantitative estimate of drug-likeness (QED) is 0.911. The van der Waals surface area contributed by atoms with Gasteiger partial charge in [0.1, 0.15) is 11.6 Å². The lowest BCUT2D eigenvalue weighted by molar-refractivity contribution is 0.335. The van der Waals surface area contributed by atoms with Crippen molar-refractivity contribution in [1.29, 1.82) is 0 Å². The first-order valence-electron chi connectivity index (χ1n) is 6.89. The van der Waals surface area contributed by atoms with E-state index in [1.807, 2.05) is 7.05 Å². The molecule has 1 fully saturated rings. The lowest BCUT2D eigenvalue weighted by Gasteiger charge is -2.26. The lowest BCUT2D eigenvalue weighted by atomic mass is 9.82. The summed E-state index contributed by atoms with van der Waals surface area (Å²) in [6.45, 7) is 4.48. The Kier molecular flexibility index (Phi) is 4.60. The van der Waals surface area contributed by atoms with Gasteiger partial charge in [0.25, 0.3) is 0 Å². The number of halogens is 1. The molecule has 0 aromatic carbocycles. The normalized spacial score (nSPS) is 24.0. The largest absolute Gasteiger partial charge is 0.372 e. The van der Waals surface area contributed by atoms with Gasteiger partial charge < -0.3 is 5.32 Å². The highest BCUT2D eigenvalue weighted by Crippen LogP contribution is 2.36. The molecule has 100 valence electrons. The second-order valence-electron chi connectivity index (χ2n) is 5.26. The smallest absolute Gasteiger partial charge is 0.144 e. The molecule has 0 spiro atoms. The van der Waals surface area contributed by atoms with Crippen LogP contribution in [-0.4, -0.2) is 17.0 Å². The average molecular weight is 312 g/mol. The van der Waals surface area contributed by atoms with Crippen LogP contribution in [0.3, 0.4) is 0 Å². The zero-order chi connectivity index (χ0) is 13.1. The van der Waals surface area contributed by atoms with E-state index in [2.05, 4.69) is 40.1 Å². The Morgan fingerprint density at radius 1 is 1.33 bits per heavy atom. The molecule has 3 nitrogen and oxygen atoms in total. The van der Waals surface area contributed by atoms with Crippen molar-refractivity contribution >= 4 is 21.7 Å². The molecular formula is C14H22BrN3. The third-order valence-corrected chi connectivity index (χ3v) is 4.64. The van der Waals surface area contributed by atoms with Crippen LogP contribution in [0.5, 0.6) is 0 Å². The Hall–Kier alpha value is -0.640. The molecule has 2 unspecified atom stereocenters. The molecule has 18 heavy (non-hydrogen) atoms. The fraction of sp³-hybridized carbons (Fsp3) is 0.714. The van der Waals surface area contributed by atoms with Crippen LogP contribution in [0.4, 0.5) is 5.82 Å². The number of anilines is 1. The van der Waals surface area contributed by atoms with Crippen LogP contribution in [-0.2, 0) is 6.42 Å². The van der Waals surface area contributed by atoms with Gasteiger partial charge in [0.05, 0.1) is 10.2 Å². The standard InChI is InChI=1S/C14H22BrN3/c1-4-11-12(15)14(16-3)18-13(17-11)10-7-5-6-9(2)8-10/h9-10H,4-8H2,1-3H3,(H,16,17,18). The summed E-state index contributed by atoms with van der Waals surface area (Å²) >= 11 is 3.58. The number of hydrogen-bond donors (Lipinski definition) is 1. The molecule has 1 heterocycles. The SMILES string of the molecule is CCc1nc(C2CCCC(C)C2)nc(NC)c1Br. The van der Waals surface area contributed by atoms with Gasteiger partial charge in [-0.3, -0.25) is 0 Å². The van der Waals surface area contributed by atoms with Gasteiger partial charge in [0.2, 0.25) is 0 Å². The molecular weight excluding hydrogens is 290 g/mol. The first kappa shape index (κ1) is 13.8. The molecule has 0 aliphatic heterocycles. The van der Waals surface area contributed by atoms with Gasteiger partial charge in [-0.05, 0) is 41.1 Å². The molecule has 0 radical (unpaired) electrons. The van der Waals surface area contributed by atoms with Crippen LogP contribution >= 0.6 is 15.9 Å². The van der Waals surface area contributed by atoms with Crippen molar-refractivity contribution in [2.45, 2.75) is 51.9 Å². The number of aromatic nitrogens is 2. The maximum absolute atomic E-state index is 4.76. The zero-order valence-electron chi connectivity index (χ0n) is 11.5. The van der Waals surface area contributed by atoms with E-state index in [9.17, 15) is 0 Å². The maximum Gasteiger partial charge on any atom is 0.144 e. The molecule has 1 saturated carbocycles. The Morgan fingerprint density at radius 3 is 2.72 bits per heavy atom. The highest BCUT2D eigenvalue weighted by Gasteiger charge is 2.24. The van der Waals surface area contributed by atoms with Crippen LogP contribution in [0.25, 0.3) is 0 Å². The molecule has 2 rings (SSSR count). The third-order valence-electron chi connectivity index (χ3n) is 3.81. The number of rotatable bonds is 3.